The molecule has 0 saturated carbocycles. The molecule has 1 amide bonds. The lowest BCUT2D eigenvalue weighted by Crippen LogP contribution is -2.44. The highest BCUT2D eigenvalue weighted by Crippen LogP contribution is 2.39. The van der Waals surface area contributed by atoms with Gasteiger partial charge in [-0.3, -0.25) is 14.5 Å². The first kappa shape index (κ1) is 23.3. The van der Waals surface area contributed by atoms with Crippen LogP contribution in [0.5, 0.6) is 11.5 Å². The van der Waals surface area contributed by atoms with Gasteiger partial charge in [0.25, 0.3) is 5.91 Å². The van der Waals surface area contributed by atoms with Crippen molar-refractivity contribution in [1.82, 2.24) is 9.91 Å². The maximum Gasteiger partial charge on any atom is 0.310 e. The van der Waals surface area contributed by atoms with Gasteiger partial charge in [0.15, 0.2) is 11.5 Å². The van der Waals surface area contributed by atoms with Crippen LogP contribution in [-0.4, -0.2) is 60.5 Å². The first-order valence-corrected chi connectivity index (χ1v) is 12.0. The summed E-state index contributed by atoms with van der Waals surface area (Å²) in [7, 11) is 0. The van der Waals surface area contributed by atoms with Crippen LogP contribution < -0.4 is 9.47 Å². The summed E-state index contributed by atoms with van der Waals surface area (Å²) in [6, 6.07) is 11.4. The molecule has 3 aliphatic rings. The topological polar surface area (TPSA) is 80.7 Å². The number of esters is 1. The van der Waals surface area contributed by atoms with Gasteiger partial charge in [0.2, 0.25) is 6.79 Å². The van der Waals surface area contributed by atoms with Gasteiger partial charge in [-0.25, -0.2) is 9.40 Å². The summed E-state index contributed by atoms with van der Waals surface area (Å²) in [4.78, 5) is 27.7. The number of carbonyl (C=O) groups excluding carboxylic acids is 2. The molecular weight excluding hydrogens is 453 g/mol. The normalized spacial score (nSPS) is 21.7. The van der Waals surface area contributed by atoms with Gasteiger partial charge in [0.1, 0.15) is 5.82 Å². The van der Waals surface area contributed by atoms with E-state index in [1.807, 2.05) is 23.1 Å². The van der Waals surface area contributed by atoms with E-state index in [4.69, 9.17) is 14.2 Å². The predicted molar refractivity (Wildman–Crippen MR) is 126 cm³/mol. The third kappa shape index (κ3) is 5.00. The fourth-order valence-corrected chi connectivity index (χ4v) is 4.85. The van der Waals surface area contributed by atoms with E-state index in [1.54, 1.807) is 19.1 Å². The number of ether oxygens (including phenoxy) is 3. The third-order valence-corrected chi connectivity index (χ3v) is 6.61. The van der Waals surface area contributed by atoms with Crippen LogP contribution in [-0.2, 0) is 14.3 Å². The predicted octanol–water partition coefficient (Wildman–Crippen LogP) is 3.51. The van der Waals surface area contributed by atoms with E-state index in [9.17, 15) is 14.0 Å². The number of carbonyl (C=O) groups is 2. The molecule has 2 atom stereocenters. The molecule has 0 N–H and O–H groups in total. The zero-order chi connectivity index (χ0) is 24.4. The van der Waals surface area contributed by atoms with E-state index in [0.717, 1.165) is 30.5 Å². The van der Waals surface area contributed by atoms with Gasteiger partial charge < -0.3 is 14.2 Å². The summed E-state index contributed by atoms with van der Waals surface area (Å²) >= 11 is 0. The number of amides is 1. The Kier molecular flexibility index (Phi) is 6.68. The molecule has 1 fully saturated rings. The average molecular weight is 482 g/mol. The number of hydrogen-bond donors (Lipinski definition) is 0. The highest BCUT2D eigenvalue weighted by molar-refractivity contribution is 6.03. The van der Waals surface area contributed by atoms with E-state index in [-0.39, 0.29) is 43.0 Å². The molecule has 184 valence electrons. The van der Waals surface area contributed by atoms with Crippen molar-refractivity contribution in [3.05, 3.63) is 59.4 Å². The number of fused-ring (bicyclic) bond motifs is 1. The van der Waals surface area contributed by atoms with Crippen molar-refractivity contribution in [2.45, 2.75) is 32.2 Å². The summed E-state index contributed by atoms with van der Waals surface area (Å²) in [5.41, 5.74) is 2.36. The van der Waals surface area contributed by atoms with Crippen LogP contribution in [0.3, 0.4) is 0 Å². The van der Waals surface area contributed by atoms with E-state index < -0.39 is 0 Å². The molecule has 0 spiro atoms. The molecule has 2 aromatic rings. The summed E-state index contributed by atoms with van der Waals surface area (Å²) in [5.74, 6) is 0.392. The first-order valence-electron chi connectivity index (χ1n) is 12.0. The van der Waals surface area contributed by atoms with E-state index in [0.29, 0.717) is 36.8 Å². The number of piperidine rings is 1. The Morgan fingerprint density at radius 3 is 2.74 bits per heavy atom. The van der Waals surface area contributed by atoms with Crippen LogP contribution in [0.1, 0.15) is 43.4 Å². The lowest BCUT2D eigenvalue weighted by molar-refractivity contribution is -0.150. The van der Waals surface area contributed by atoms with Gasteiger partial charge in [-0.05, 0) is 61.7 Å². The molecule has 3 aliphatic heterocycles. The molecule has 0 bridgehead atoms. The van der Waals surface area contributed by atoms with Crippen LogP contribution in [0.15, 0.2) is 47.6 Å². The monoisotopic (exact) mass is 481 g/mol. The number of benzene rings is 2. The molecule has 3 heterocycles. The summed E-state index contributed by atoms with van der Waals surface area (Å²) in [5, 5.41) is 6.19. The Hall–Kier alpha value is -3.46. The lowest BCUT2D eigenvalue weighted by atomic mass is 9.97. The molecule has 2 aromatic carbocycles. The molecule has 35 heavy (non-hydrogen) atoms. The number of halogens is 1. The molecule has 1 saturated heterocycles. The number of hydrogen-bond acceptors (Lipinski definition) is 7. The average Bonchev–Trinajstić information content (AvgIpc) is 3.52. The maximum atomic E-state index is 13.5. The summed E-state index contributed by atoms with van der Waals surface area (Å²) in [6.07, 6.45) is 2.08. The minimum atomic E-state index is -0.331. The van der Waals surface area contributed by atoms with Gasteiger partial charge in [0.05, 0.1) is 30.8 Å². The Morgan fingerprint density at radius 1 is 1.14 bits per heavy atom. The Bertz CT molecular complexity index is 1140. The Morgan fingerprint density at radius 2 is 1.94 bits per heavy atom. The van der Waals surface area contributed by atoms with Crippen molar-refractivity contribution in [1.29, 1.82) is 0 Å². The van der Waals surface area contributed by atoms with E-state index >= 15 is 0 Å². The highest BCUT2D eigenvalue weighted by Gasteiger charge is 2.36. The minimum absolute atomic E-state index is 0.150. The second-order valence-electron chi connectivity index (χ2n) is 8.95. The second-order valence-corrected chi connectivity index (χ2v) is 8.95. The van der Waals surface area contributed by atoms with Crippen LogP contribution >= 0.6 is 0 Å². The van der Waals surface area contributed by atoms with Crippen molar-refractivity contribution < 1.29 is 28.2 Å². The quantitative estimate of drug-likeness (QED) is 0.588. The Balaban J connectivity index is 1.37. The van der Waals surface area contributed by atoms with Crippen molar-refractivity contribution >= 4 is 17.6 Å². The second kappa shape index (κ2) is 10.0. The van der Waals surface area contributed by atoms with Crippen LogP contribution in [0.4, 0.5) is 4.39 Å². The van der Waals surface area contributed by atoms with Gasteiger partial charge in [-0.15, -0.1) is 0 Å². The zero-order valence-corrected chi connectivity index (χ0v) is 19.6. The molecule has 9 heteroatoms. The summed E-state index contributed by atoms with van der Waals surface area (Å²) in [6.45, 7) is 3.68. The van der Waals surface area contributed by atoms with Crippen LogP contribution in [0, 0.1) is 11.7 Å². The molecule has 8 nitrogen and oxygen atoms in total. The highest BCUT2D eigenvalue weighted by atomic mass is 19.1. The standard InChI is InChI=1S/C26H28FN3O5/c1-2-33-26(32)19-4-3-11-29(14-19)15-25(31)30-22(18-7-10-23-24(12-18)35-16-34-23)13-21(28-30)17-5-8-20(27)9-6-17/h5-10,12,19,22H,2-4,11,13-16H2,1H3. The number of hydrazone groups is 1. The molecule has 0 aliphatic carbocycles. The Labute approximate surface area is 203 Å². The lowest BCUT2D eigenvalue weighted by Gasteiger charge is -2.32. The zero-order valence-electron chi connectivity index (χ0n) is 19.6. The van der Waals surface area contributed by atoms with Crippen molar-refractivity contribution in [3.8, 4) is 11.5 Å². The van der Waals surface area contributed by atoms with Gasteiger partial charge in [0, 0.05) is 13.0 Å². The number of likely N-dealkylation sites (tertiary alicyclic amines) is 1. The van der Waals surface area contributed by atoms with Gasteiger partial charge in [-0.2, -0.15) is 5.10 Å². The molecule has 5 rings (SSSR count). The molecule has 0 aromatic heterocycles. The van der Waals surface area contributed by atoms with Crippen molar-refractivity contribution in [3.63, 3.8) is 0 Å². The third-order valence-electron chi connectivity index (χ3n) is 6.61. The fourth-order valence-electron chi connectivity index (χ4n) is 4.85. The molecule has 2 unspecified atom stereocenters. The van der Waals surface area contributed by atoms with Crippen LogP contribution in [0.2, 0.25) is 0 Å². The number of rotatable bonds is 6. The maximum absolute atomic E-state index is 13.5. The van der Waals surface area contributed by atoms with Crippen molar-refractivity contribution in [2.24, 2.45) is 11.0 Å². The first-order chi connectivity index (χ1) is 17.0. The van der Waals surface area contributed by atoms with E-state index in [2.05, 4.69) is 5.10 Å². The minimum Gasteiger partial charge on any atom is -0.466 e. The summed E-state index contributed by atoms with van der Waals surface area (Å²) < 4.78 is 29.6. The molecule has 0 radical (unpaired) electrons. The van der Waals surface area contributed by atoms with E-state index in [1.165, 1.54) is 17.1 Å². The number of nitrogens with zero attached hydrogens (tertiary/aromatic N) is 3. The largest absolute Gasteiger partial charge is 0.466 e. The van der Waals surface area contributed by atoms with Crippen molar-refractivity contribution in [2.75, 3.05) is 33.0 Å². The molecular formula is C26H28FN3O5. The van der Waals surface area contributed by atoms with Gasteiger partial charge >= 0.3 is 5.97 Å². The van der Waals surface area contributed by atoms with Gasteiger partial charge in [-0.1, -0.05) is 18.2 Å². The fraction of sp³-hybridized carbons (Fsp3) is 0.423. The smallest absolute Gasteiger partial charge is 0.310 e. The SMILES string of the molecule is CCOC(=O)C1CCCN(CC(=O)N2N=C(c3ccc(F)cc3)CC2c2ccc3c(c2)OCO3)C1. The van der Waals surface area contributed by atoms with Crippen LogP contribution in [0.25, 0.3) is 0 Å².